The van der Waals surface area contributed by atoms with Gasteiger partial charge in [-0.15, -0.1) is 0 Å². The monoisotopic (exact) mass is 333 g/mol. The van der Waals surface area contributed by atoms with Crippen LogP contribution in [0.4, 0.5) is 4.39 Å². The van der Waals surface area contributed by atoms with Crippen LogP contribution in [0.15, 0.2) is 18.2 Å². The molecule has 1 aromatic rings. The number of halogens is 3. The van der Waals surface area contributed by atoms with Crippen molar-refractivity contribution in [3.63, 3.8) is 0 Å². The molecule has 5 heteroatoms. The highest BCUT2D eigenvalue weighted by atomic mass is 79.9. The number of amides is 1. The Morgan fingerprint density at radius 1 is 1.39 bits per heavy atom. The average Bonchev–Trinajstić information content (AvgIpc) is 2.35. The lowest BCUT2D eigenvalue weighted by molar-refractivity contribution is 0.0925. The minimum absolute atomic E-state index is 0.00720. The molecule has 1 saturated carbocycles. The van der Waals surface area contributed by atoms with Crippen molar-refractivity contribution in [3.05, 3.63) is 34.6 Å². The fourth-order valence-electron chi connectivity index (χ4n) is 2.17. The van der Waals surface area contributed by atoms with Crippen LogP contribution < -0.4 is 5.32 Å². The molecule has 2 nitrogen and oxygen atoms in total. The highest BCUT2D eigenvalue weighted by Crippen LogP contribution is 2.25. The summed E-state index contributed by atoms with van der Waals surface area (Å²) < 4.78 is 13.5. The summed E-state index contributed by atoms with van der Waals surface area (Å²) in [5.74, 6) is -0.940. The number of hydrogen-bond donors (Lipinski definition) is 1. The summed E-state index contributed by atoms with van der Waals surface area (Å²) in [6.45, 7) is 0. The van der Waals surface area contributed by atoms with E-state index in [0.717, 1.165) is 25.7 Å². The normalized spacial score (nSPS) is 23.7. The molecule has 2 unspecified atom stereocenters. The number of alkyl halides is 1. The Kier molecular flexibility index (Phi) is 4.62. The summed E-state index contributed by atoms with van der Waals surface area (Å²) in [6, 6.07) is 4.06. The molecule has 0 spiro atoms. The first-order valence-electron chi connectivity index (χ1n) is 5.98. The summed E-state index contributed by atoms with van der Waals surface area (Å²) in [7, 11) is 0. The van der Waals surface area contributed by atoms with Crippen LogP contribution in [-0.2, 0) is 0 Å². The second-order valence-corrected chi connectivity index (χ2v) is 6.12. The standard InChI is InChI=1S/C13H14BrClFNO/c14-10-3-1-2-4-12(10)17-13(18)9-7-8(15)5-6-11(9)16/h5-7,10,12H,1-4H2,(H,17,18). The smallest absolute Gasteiger partial charge is 0.254 e. The van der Waals surface area contributed by atoms with E-state index in [1.807, 2.05) is 0 Å². The van der Waals surface area contributed by atoms with Crippen molar-refractivity contribution in [2.75, 3.05) is 0 Å². The molecule has 1 amide bonds. The van der Waals surface area contributed by atoms with E-state index in [9.17, 15) is 9.18 Å². The quantitative estimate of drug-likeness (QED) is 0.816. The van der Waals surface area contributed by atoms with Gasteiger partial charge in [-0.1, -0.05) is 40.4 Å². The molecule has 0 radical (unpaired) electrons. The zero-order valence-electron chi connectivity index (χ0n) is 9.76. The largest absolute Gasteiger partial charge is 0.348 e. The maximum Gasteiger partial charge on any atom is 0.254 e. The van der Waals surface area contributed by atoms with Crippen molar-refractivity contribution >= 4 is 33.4 Å². The van der Waals surface area contributed by atoms with Crippen molar-refractivity contribution in [2.45, 2.75) is 36.6 Å². The molecule has 2 atom stereocenters. The first-order chi connectivity index (χ1) is 8.58. The average molecular weight is 335 g/mol. The molecule has 0 aromatic heterocycles. The van der Waals surface area contributed by atoms with Gasteiger partial charge in [0.25, 0.3) is 5.91 Å². The summed E-state index contributed by atoms with van der Waals surface area (Å²) in [5, 5.41) is 3.23. The maximum atomic E-state index is 13.5. The van der Waals surface area contributed by atoms with Crippen molar-refractivity contribution in [3.8, 4) is 0 Å². The Labute approximate surface area is 119 Å². The van der Waals surface area contributed by atoms with Gasteiger partial charge in [0.2, 0.25) is 0 Å². The number of nitrogens with one attached hydrogen (secondary N) is 1. The highest BCUT2D eigenvalue weighted by Gasteiger charge is 2.25. The lowest BCUT2D eigenvalue weighted by atomic mass is 9.95. The van der Waals surface area contributed by atoms with Gasteiger partial charge in [0.15, 0.2) is 0 Å². The predicted octanol–water partition coefficient (Wildman–Crippen LogP) is 3.92. The first-order valence-corrected chi connectivity index (χ1v) is 7.27. The van der Waals surface area contributed by atoms with Crippen LogP contribution in [-0.4, -0.2) is 16.8 Å². The SMILES string of the molecule is O=C(NC1CCCCC1Br)c1cc(Cl)ccc1F. The van der Waals surface area contributed by atoms with Gasteiger partial charge in [-0.3, -0.25) is 4.79 Å². The summed E-state index contributed by atoms with van der Waals surface area (Å²) in [4.78, 5) is 12.3. The topological polar surface area (TPSA) is 29.1 Å². The molecule has 0 saturated heterocycles. The van der Waals surface area contributed by atoms with Crippen LogP contribution in [0.5, 0.6) is 0 Å². The molecule has 2 rings (SSSR count). The number of carbonyl (C=O) groups excluding carboxylic acids is 1. The number of benzene rings is 1. The van der Waals surface area contributed by atoms with Crippen LogP contribution in [0.1, 0.15) is 36.0 Å². The Hall–Kier alpha value is -0.610. The molecule has 98 valence electrons. The zero-order chi connectivity index (χ0) is 13.1. The lowest BCUT2D eigenvalue weighted by Crippen LogP contribution is -2.42. The zero-order valence-corrected chi connectivity index (χ0v) is 12.1. The first kappa shape index (κ1) is 13.8. The second kappa shape index (κ2) is 6.02. The predicted molar refractivity (Wildman–Crippen MR) is 73.8 cm³/mol. The van der Waals surface area contributed by atoms with E-state index in [-0.39, 0.29) is 16.4 Å². The van der Waals surface area contributed by atoms with Crippen LogP contribution >= 0.6 is 27.5 Å². The van der Waals surface area contributed by atoms with Crippen LogP contribution in [0.3, 0.4) is 0 Å². The van der Waals surface area contributed by atoms with Gasteiger partial charge in [-0.05, 0) is 31.0 Å². The minimum atomic E-state index is -0.543. The van der Waals surface area contributed by atoms with Gasteiger partial charge in [-0.2, -0.15) is 0 Å². The van der Waals surface area contributed by atoms with Crippen LogP contribution in [0.2, 0.25) is 5.02 Å². The molecule has 1 aliphatic carbocycles. The number of carbonyl (C=O) groups is 1. The van der Waals surface area contributed by atoms with Crippen LogP contribution in [0, 0.1) is 5.82 Å². The van der Waals surface area contributed by atoms with E-state index in [4.69, 9.17) is 11.6 Å². The fraction of sp³-hybridized carbons (Fsp3) is 0.462. The van der Waals surface area contributed by atoms with Crippen molar-refractivity contribution in [1.82, 2.24) is 5.32 Å². The number of rotatable bonds is 2. The summed E-state index contributed by atoms with van der Waals surface area (Å²) >= 11 is 9.33. The summed E-state index contributed by atoms with van der Waals surface area (Å²) in [5.41, 5.74) is 0.00720. The van der Waals surface area contributed by atoms with E-state index in [1.54, 1.807) is 0 Å². The third-order valence-electron chi connectivity index (χ3n) is 3.17. The molecular weight excluding hydrogens is 321 g/mol. The molecule has 18 heavy (non-hydrogen) atoms. The highest BCUT2D eigenvalue weighted by molar-refractivity contribution is 9.09. The molecule has 0 bridgehead atoms. The Morgan fingerprint density at radius 2 is 2.11 bits per heavy atom. The summed E-state index contributed by atoms with van der Waals surface area (Å²) in [6.07, 6.45) is 4.20. The van der Waals surface area contributed by atoms with Gasteiger partial charge in [-0.25, -0.2) is 4.39 Å². The molecule has 1 N–H and O–H groups in total. The lowest BCUT2D eigenvalue weighted by Gasteiger charge is -2.28. The van der Waals surface area contributed by atoms with Gasteiger partial charge >= 0.3 is 0 Å². The molecule has 1 aromatic carbocycles. The Bertz CT molecular complexity index is 455. The van der Waals surface area contributed by atoms with Gasteiger partial charge < -0.3 is 5.32 Å². The second-order valence-electron chi connectivity index (χ2n) is 4.50. The molecule has 0 heterocycles. The third kappa shape index (κ3) is 3.23. The molecular formula is C13H14BrClFNO. The van der Waals surface area contributed by atoms with E-state index in [0.29, 0.717) is 5.02 Å². The van der Waals surface area contributed by atoms with Gasteiger partial charge in [0, 0.05) is 15.9 Å². The van der Waals surface area contributed by atoms with E-state index < -0.39 is 11.7 Å². The molecule has 1 aliphatic rings. The van der Waals surface area contributed by atoms with E-state index >= 15 is 0 Å². The van der Waals surface area contributed by atoms with Crippen molar-refractivity contribution in [1.29, 1.82) is 0 Å². The Morgan fingerprint density at radius 3 is 2.83 bits per heavy atom. The van der Waals surface area contributed by atoms with Crippen LogP contribution in [0.25, 0.3) is 0 Å². The van der Waals surface area contributed by atoms with E-state index in [2.05, 4.69) is 21.2 Å². The minimum Gasteiger partial charge on any atom is -0.348 e. The fourth-order valence-corrected chi connectivity index (χ4v) is 3.06. The maximum absolute atomic E-state index is 13.5. The third-order valence-corrected chi connectivity index (χ3v) is 4.50. The van der Waals surface area contributed by atoms with E-state index in [1.165, 1.54) is 18.2 Å². The van der Waals surface area contributed by atoms with Crippen molar-refractivity contribution in [2.24, 2.45) is 0 Å². The van der Waals surface area contributed by atoms with Crippen molar-refractivity contribution < 1.29 is 9.18 Å². The Balaban J connectivity index is 2.09. The number of hydrogen-bond acceptors (Lipinski definition) is 1. The van der Waals surface area contributed by atoms with Gasteiger partial charge in [0.05, 0.1) is 5.56 Å². The molecule has 0 aliphatic heterocycles. The van der Waals surface area contributed by atoms with Gasteiger partial charge in [0.1, 0.15) is 5.82 Å². The molecule has 1 fully saturated rings.